The first-order chi connectivity index (χ1) is 14.9. The molecule has 3 N–H and O–H groups in total. The van der Waals surface area contributed by atoms with Crippen molar-refractivity contribution in [2.45, 2.75) is 25.8 Å². The molecule has 4 nitrogen and oxygen atoms in total. The molecule has 2 heterocycles. The zero-order valence-electron chi connectivity index (χ0n) is 17.5. The largest absolute Gasteiger partial charge is 0.440 e. The van der Waals surface area contributed by atoms with Crippen LogP contribution in [0.5, 0.6) is 0 Å². The molecule has 4 rings (SSSR count). The topological polar surface area (TPSA) is 63.5 Å². The number of rotatable bonds is 3. The van der Waals surface area contributed by atoms with Gasteiger partial charge in [0.25, 0.3) is 0 Å². The van der Waals surface area contributed by atoms with Crippen LogP contribution in [0.3, 0.4) is 0 Å². The quantitative estimate of drug-likeness (QED) is 0.800. The standard InChI is InChI=1S/C25H23F2N3O/c1-15(2)30-13-18(11-16-3-7-19(26)8-4-16)24-22(14-30)23(21(12-28)25(29)31-24)17-5-9-20(27)10-6-17/h3-11,15,23H,13-14,29H2,1-2H3/p+1/t23-/m0/s1. The van der Waals surface area contributed by atoms with Crippen molar-refractivity contribution in [1.82, 2.24) is 0 Å². The first kappa shape index (κ1) is 20.8. The number of allylic oxidation sites excluding steroid dienone is 1. The molecule has 2 atom stereocenters. The molecule has 2 aliphatic rings. The average Bonchev–Trinajstić information content (AvgIpc) is 2.75. The highest BCUT2D eigenvalue weighted by Crippen LogP contribution is 2.41. The molecule has 0 aromatic heterocycles. The second-order valence-electron chi connectivity index (χ2n) is 8.22. The van der Waals surface area contributed by atoms with Gasteiger partial charge < -0.3 is 15.4 Å². The summed E-state index contributed by atoms with van der Waals surface area (Å²) >= 11 is 0. The lowest BCUT2D eigenvalue weighted by Crippen LogP contribution is -3.16. The molecular formula is C25H24F2N3O+. The molecule has 0 bridgehead atoms. The van der Waals surface area contributed by atoms with Crippen LogP contribution in [0.2, 0.25) is 0 Å². The van der Waals surface area contributed by atoms with Gasteiger partial charge in [-0.25, -0.2) is 8.78 Å². The van der Waals surface area contributed by atoms with Crippen molar-refractivity contribution in [3.8, 4) is 6.07 Å². The summed E-state index contributed by atoms with van der Waals surface area (Å²) in [7, 11) is 0. The third-order valence-corrected chi connectivity index (χ3v) is 5.88. The lowest BCUT2D eigenvalue weighted by molar-refractivity contribution is -0.913. The molecule has 158 valence electrons. The van der Waals surface area contributed by atoms with Crippen LogP contribution >= 0.6 is 0 Å². The van der Waals surface area contributed by atoms with Crippen molar-refractivity contribution in [2.75, 3.05) is 13.1 Å². The number of nitrogens with zero attached hydrogens (tertiary/aromatic N) is 1. The van der Waals surface area contributed by atoms with Crippen LogP contribution in [0.4, 0.5) is 8.78 Å². The van der Waals surface area contributed by atoms with Gasteiger partial charge in [0.1, 0.15) is 42.1 Å². The van der Waals surface area contributed by atoms with E-state index in [0.717, 1.165) is 22.3 Å². The molecular weight excluding hydrogens is 396 g/mol. The van der Waals surface area contributed by atoms with Crippen LogP contribution in [0, 0.1) is 23.0 Å². The second kappa shape index (κ2) is 8.37. The molecule has 2 aromatic carbocycles. The Hall–Kier alpha value is -3.43. The van der Waals surface area contributed by atoms with Gasteiger partial charge in [-0.1, -0.05) is 24.3 Å². The number of benzene rings is 2. The molecule has 0 fully saturated rings. The molecule has 2 aromatic rings. The fourth-order valence-electron chi connectivity index (χ4n) is 4.19. The Balaban J connectivity index is 1.88. The fraction of sp³-hybridized carbons (Fsp3) is 0.240. The maximum absolute atomic E-state index is 13.6. The van der Waals surface area contributed by atoms with Crippen LogP contribution in [0.25, 0.3) is 6.08 Å². The minimum absolute atomic E-state index is 0.0635. The summed E-state index contributed by atoms with van der Waals surface area (Å²) in [5.41, 5.74) is 10.0. The summed E-state index contributed by atoms with van der Waals surface area (Å²) in [6.45, 7) is 5.66. The van der Waals surface area contributed by atoms with E-state index in [2.05, 4.69) is 19.9 Å². The van der Waals surface area contributed by atoms with Crippen LogP contribution in [0.15, 0.2) is 76.9 Å². The number of hydrogen-bond donors (Lipinski definition) is 2. The van der Waals surface area contributed by atoms with E-state index in [1.165, 1.54) is 29.2 Å². The third-order valence-electron chi connectivity index (χ3n) is 5.88. The Morgan fingerprint density at radius 3 is 2.26 bits per heavy atom. The van der Waals surface area contributed by atoms with E-state index in [0.29, 0.717) is 30.5 Å². The maximum Gasteiger partial charge on any atom is 0.205 e. The third kappa shape index (κ3) is 4.10. The number of quaternary nitrogens is 1. The predicted molar refractivity (Wildman–Crippen MR) is 114 cm³/mol. The van der Waals surface area contributed by atoms with E-state index >= 15 is 0 Å². The van der Waals surface area contributed by atoms with Crippen molar-refractivity contribution >= 4 is 6.08 Å². The summed E-state index contributed by atoms with van der Waals surface area (Å²) < 4.78 is 32.9. The summed E-state index contributed by atoms with van der Waals surface area (Å²) in [5, 5.41) is 9.82. The van der Waals surface area contributed by atoms with Gasteiger partial charge in [0, 0.05) is 11.1 Å². The second-order valence-corrected chi connectivity index (χ2v) is 8.22. The minimum atomic E-state index is -0.403. The Bertz CT molecular complexity index is 1120. The number of halogens is 2. The first-order valence-electron chi connectivity index (χ1n) is 10.2. The zero-order valence-corrected chi connectivity index (χ0v) is 17.5. The van der Waals surface area contributed by atoms with Crippen molar-refractivity contribution in [3.05, 3.63) is 99.7 Å². The normalized spacial score (nSPS) is 22.4. The Labute approximate surface area is 180 Å². The molecule has 1 unspecified atom stereocenters. The zero-order chi connectivity index (χ0) is 22.1. The average molecular weight is 420 g/mol. The van der Waals surface area contributed by atoms with E-state index in [1.54, 1.807) is 24.3 Å². The Morgan fingerprint density at radius 2 is 1.68 bits per heavy atom. The van der Waals surface area contributed by atoms with Gasteiger partial charge in [-0.15, -0.1) is 0 Å². The monoisotopic (exact) mass is 420 g/mol. The molecule has 0 amide bonds. The van der Waals surface area contributed by atoms with Gasteiger partial charge in [0.15, 0.2) is 0 Å². The van der Waals surface area contributed by atoms with E-state index in [1.807, 2.05) is 6.08 Å². The fourth-order valence-corrected chi connectivity index (χ4v) is 4.19. The van der Waals surface area contributed by atoms with Crippen LogP contribution in [0.1, 0.15) is 30.9 Å². The Morgan fingerprint density at radius 1 is 1.06 bits per heavy atom. The van der Waals surface area contributed by atoms with Crippen LogP contribution in [-0.4, -0.2) is 19.1 Å². The highest BCUT2D eigenvalue weighted by molar-refractivity contribution is 5.62. The van der Waals surface area contributed by atoms with Crippen molar-refractivity contribution < 1.29 is 18.4 Å². The van der Waals surface area contributed by atoms with Crippen LogP contribution in [-0.2, 0) is 4.74 Å². The highest BCUT2D eigenvalue weighted by atomic mass is 19.1. The van der Waals surface area contributed by atoms with Crippen LogP contribution < -0.4 is 10.6 Å². The number of nitrogens with one attached hydrogen (secondary N) is 1. The molecule has 2 aliphatic heterocycles. The van der Waals surface area contributed by atoms with Gasteiger partial charge in [-0.2, -0.15) is 5.26 Å². The maximum atomic E-state index is 13.6. The molecule has 0 aliphatic carbocycles. The summed E-state index contributed by atoms with van der Waals surface area (Å²) in [6.07, 6.45) is 1.97. The first-order valence-corrected chi connectivity index (χ1v) is 10.2. The van der Waals surface area contributed by atoms with Crippen molar-refractivity contribution in [2.24, 2.45) is 5.73 Å². The number of nitrogens with two attached hydrogens (primary N) is 1. The Kier molecular flexibility index (Phi) is 5.62. The molecule has 0 saturated carbocycles. The van der Waals surface area contributed by atoms with E-state index in [9.17, 15) is 14.0 Å². The van der Waals surface area contributed by atoms with Gasteiger partial charge in [-0.3, -0.25) is 0 Å². The van der Waals surface area contributed by atoms with Gasteiger partial charge in [0.05, 0.1) is 12.0 Å². The van der Waals surface area contributed by atoms with Gasteiger partial charge in [0.2, 0.25) is 5.88 Å². The molecule has 0 radical (unpaired) electrons. The van der Waals surface area contributed by atoms with E-state index in [-0.39, 0.29) is 17.5 Å². The lowest BCUT2D eigenvalue weighted by atomic mass is 9.80. The van der Waals surface area contributed by atoms with Gasteiger partial charge >= 0.3 is 0 Å². The van der Waals surface area contributed by atoms with Crippen molar-refractivity contribution in [1.29, 1.82) is 5.26 Å². The summed E-state index contributed by atoms with van der Waals surface area (Å²) in [6, 6.07) is 14.9. The number of nitriles is 1. The summed E-state index contributed by atoms with van der Waals surface area (Å²) in [4.78, 5) is 1.31. The SMILES string of the molecule is CC(C)[NH+]1CC(=Cc2ccc(F)cc2)C2=C(C1)[C@@H](c1ccc(F)cc1)C(C#N)=C(N)O2. The highest BCUT2D eigenvalue weighted by Gasteiger charge is 2.40. The number of ether oxygens (including phenoxy) is 1. The smallest absolute Gasteiger partial charge is 0.205 e. The lowest BCUT2D eigenvalue weighted by Gasteiger charge is -2.37. The number of hydrogen-bond acceptors (Lipinski definition) is 3. The minimum Gasteiger partial charge on any atom is -0.440 e. The van der Waals surface area contributed by atoms with Crippen molar-refractivity contribution in [3.63, 3.8) is 0 Å². The molecule has 0 spiro atoms. The molecule has 6 heteroatoms. The van der Waals surface area contributed by atoms with E-state index in [4.69, 9.17) is 10.5 Å². The predicted octanol–water partition coefficient (Wildman–Crippen LogP) is 3.42. The van der Waals surface area contributed by atoms with Gasteiger partial charge in [-0.05, 0) is 55.3 Å². The van der Waals surface area contributed by atoms with E-state index < -0.39 is 5.92 Å². The summed E-state index contributed by atoms with van der Waals surface area (Å²) in [5.74, 6) is -0.320. The molecule has 31 heavy (non-hydrogen) atoms. The molecule has 0 saturated heterocycles.